The summed E-state index contributed by atoms with van der Waals surface area (Å²) >= 11 is 0. The highest BCUT2D eigenvalue weighted by Crippen LogP contribution is 2.38. The zero-order chi connectivity index (χ0) is 22.4. The van der Waals surface area contributed by atoms with Crippen molar-refractivity contribution in [2.24, 2.45) is 0 Å². The molecule has 1 aliphatic rings. The lowest BCUT2D eigenvalue weighted by Crippen LogP contribution is -2.15. The predicted molar refractivity (Wildman–Crippen MR) is 130 cm³/mol. The number of rotatable bonds is 4. The molecular formula is C27H27N5. The Morgan fingerprint density at radius 3 is 2.59 bits per heavy atom. The highest BCUT2D eigenvalue weighted by atomic mass is 15.3. The smallest absolute Gasteiger partial charge is 0.182 e. The number of aromatic nitrogens is 4. The molecule has 160 valence electrons. The fraction of sp³-hybridized carbons (Fsp3) is 0.222. The lowest BCUT2D eigenvalue weighted by Gasteiger charge is -2.19. The molecular weight excluding hydrogens is 394 g/mol. The first-order valence-corrected chi connectivity index (χ1v) is 11.0. The Hall–Kier alpha value is -3.73. The van der Waals surface area contributed by atoms with E-state index in [0.717, 1.165) is 29.6 Å². The summed E-state index contributed by atoms with van der Waals surface area (Å²) < 4.78 is 2.04. The maximum Gasteiger partial charge on any atom is 0.182 e. The molecule has 0 amide bonds. The molecule has 0 radical (unpaired) electrons. The van der Waals surface area contributed by atoms with Crippen LogP contribution < -0.4 is 4.90 Å². The number of hydrogen-bond acceptors (Lipinski definition) is 4. The lowest BCUT2D eigenvalue weighted by molar-refractivity contribution is 0.603. The van der Waals surface area contributed by atoms with Crippen LogP contribution in [0.2, 0.25) is 0 Å². The van der Waals surface area contributed by atoms with Gasteiger partial charge in [-0.25, -0.2) is 4.98 Å². The molecule has 1 aliphatic heterocycles. The Morgan fingerprint density at radius 2 is 1.81 bits per heavy atom. The average Bonchev–Trinajstić information content (AvgIpc) is 3.39. The van der Waals surface area contributed by atoms with E-state index in [0.29, 0.717) is 0 Å². The van der Waals surface area contributed by atoms with Crippen LogP contribution in [0.5, 0.6) is 0 Å². The van der Waals surface area contributed by atoms with E-state index in [1.165, 1.54) is 33.4 Å². The fourth-order valence-electron chi connectivity index (χ4n) is 4.42. The Balaban J connectivity index is 1.48. The van der Waals surface area contributed by atoms with Gasteiger partial charge in [0.05, 0.1) is 6.54 Å². The molecule has 2 aromatic heterocycles. The zero-order valence-electron chi connectivity index (χ0n) is 19.0. The number of fused-ring (bicyclic) bond motifs is 1. The minimum atomic E-state index is 0.264. The molecule has 32 heavy (non-hydrogen) atoms. The first-order chi connectivity index (χ1) is 15.4. The SMILES string of the molecule is C=C1c2cc(-c3ccc(C)cc3C)ccc2CN1c1cccc(-c2nncn2C(C)C)n1. The summed E-state index contributed by atoms with van der Waals surface area (Å²) in [6.45, 7) is 13.7. The highest BCUT2D eigenvalue weighted by Gasteiger charge is 2.25. The van der Waals surface area contributed by atoms with E-state index in [1.807, 2.05) is 22.8 Å². The summed E-state index contributed by atoms with van der Waals surface area (Å²) in [7, 11) is 0. The first kappa shape index (κ1) is 20.2. The Morgan fingerprint density at radius 1 is 0.969 bits per heavy atom. The molecule has 5 nitrogen and oxygen atoms in total. The van der Waals surface area contributed by atoms with E-state index >= 15 is 0 Å². The van der Waals surface area contributed by atoms with Gasteiger partial charge in [0.25, 0.3) is 0 Å². The number of anilines is 1. The maximum atomic E-state index is 4.92. The van der Waals surface area contributed by atoms with E-state index in [-0.39, 0.29) is 6.04 Å². The van der Waals surface area contributed by atoms with Gasteiger partial charge in [-0.05, 0) is 68.1 Å². The van der Waals surface area contributed by atoms with Crippen molar-refractivity contribution in [1.82, 2.24) is 19.7 Å². The molecule has 5 heteroatoms. The molecule has 0 atom stereocenters. The summed E-state index contributed by atoms with van der Waals surface area (Å²) in [6, 6.07) is 19.6. The number of aryl methyl sites for hydroxylation is 2. The molecule has 0 fully saturated rings. The van der Waals surface area contributed by atoms with Crippen LogP contribution in [-0.4, -0.2) is 19.7 Å². The summed E-state index contributed by atoms with van der Waals surface area (Å²) in [5, 5.41) is 8.39. The molecule has 0 aliphatic carbocycles. The number of nitrogens with zero attached hydrogens (tertiary/aromatic N) is 5. The quantitative estimate of drug-likeness (QED) is 0.394. The van der Waals surface area contributed by atoms with Crippen molar-refractivity contribution in [3.63, 3.8) is 0 Å². The van der Waals surface area contributed by atoms with Crippen LogP contribution in [0.15, 0.2) is 67.5 Å². The number of hydrogen-bond donors (Lipinski definition) is 0. The van der Waals surface area contributed by atoms with Crippen molar-refractivity contribution in [2.75, 3.05) is 4.90 Å². The molecule has 0 N–H and O–H groups in total. The van der Waals surface area contributed by atoms with Gasteiger partial charge >= 0.3 is 0 Å². The van der Waals surface area contributed by atoms with Crippen molar-refractivity contribution >= 4 is 11.5 Å². The second-order valence-electron chi connectivity index (χ2n) is 8.76. The fourth-order valence-corrected chi connectivity index (χ4v) is 4.42. The monoisotopic (exact) mass is 421 g/mol. The Labute approximate surface area is 189 Å². The van der Waals surface area contributed by atoms with E-state index in [4.69, 9.17) is 4.98 Å². The summed E-state index contributed by atoms with van der Waals surface area (Å²) in [5.41, 5.74) is 9.28. The molecule has 3 heterocycles. The molecule has 0 spiro atoms. The summed E-state index contributed by atoms with van der Waals surface area (Å²) in [4.78, 5) is 7.10. The van der Waals surface area contributed by atoms with Crippen molar-refractivity contribution in [1.29, 1.82) is 0 Å². The molecule has 0 saturated heterocycles. The van der Waals surface area contributed by atoms with Crippen LogP contribution in [0.1, 0.15) is 42.1 Å². The maximum absolute atomic E-state index is 4.92. The molecule has 5 rings (SSSR count). The van der Waals surface area contributed by atoms with Crippen LogP contribution in [0, 0.1) is 13.8 Å². The van der Waals surface area contributed by atoms with Crippen LogP contribution in [0.4, 0.5) is 5.82 Å². The van der Waals surface area contributed by atoms with Gasteiger partial charge in [-0.1, -0.05) is 48.5 Å². The Kier molecular flexibility index (Phi) is 4.89. The molecule has 0 unspecified atom stereocenters. The van der Waals surface area contributed by atoms with E-state index in [2.05, 4.69) is 85.8 Å². The highest BCUT2D eigenvalue weighted by molar-refractivity contribution is 5.85. The van der Waals surface area contributed by atoms with Crippen LogP contribution >= 0.6 is 0 Å². The van der Waals surface area contributed by atoms with Gasteiger partial charge in [0.2, 0.25) is 0 Å². The number of benzene rings is 2. The standard InChI is InChI=1S/C27H27N5/c1-17(2)32-16-28-30-27(32)25-7-6-8-26(29-25)31-15-22-11-10-21(14-24(22)20(31)5)23-12-9-18(3)13-19(23)4/h6-14,16-17H,5,15H2,1-4H3. The van der Waals surface area contributed by atoms with E-state index in [9.17, 15) is 0 Å². The van der Waals surface area contributed by atoms with Crippen molar-refractivity contribution < 1.29 is 0 Å². The average molecular weight is 422 g/mol. The normalized spacial score (nSPS) is 13.2. The third-order valence-electron chi connectivity index (χ3n) is 6.14. The largest absolute Gasteiger partial charge is 0.322 e. The summed E-state index contributed by atoms with van der Waals surface area (Å²) in [5.74, 6) is 1.65. The second-order valence-corrected chi connectivity index (χ2v) is 8.76. The van der Waals surface area contributed by atoms with Gasteiger partial charge in [0.1, 0.15) is 17.8 Å². The summed E-state index contributed by atoms with van der Waals surface area (Å²) in [6.07, 6.45) is 1.76. The zero-order valence-corrected chi connectivity index (χ0v) is 19.0. The van der Waals surface area contributed by atoms with Crippen LogP contribution in [0.25, 0.3) is 28.3 Å². The van der Waals surface area contributed by atoms with Gasteiger partial charge in [-0.2, -0.15) is 0 Å². The predicted octanol–water partition coefficient (Wildman–Crippen LogP) is 6.20. The van der Waals surface area contributed by atoms with Crippen molar-refractivity contribution in [3.05, 3.63) is 89.8 Å². The lowest BCUT2D eigenvalue weighted by atomic mass is 9.95. The van der Waals surface area contributed by atoms with Crippen molar-refractivity contribution in [3.8, 4) is 22.6 Å². The number of pyridine rings is 1. The van der Waals surface area contributed by atoms with E-state index < -0.39 is 0 Å². The van der Waals surface area contributed by atoms with Gasteiger partial charge in [0, 0.05) is 17.3 Å². The van der Waals surface area contributed by atoms with Crippen molar-refractivity contribution in [2.45, 2.75) is 40.3 Å². The topological polar surface area (TPSA) is 46.8 Å². The van der Waals surface area contributed by atoms with Crippen LogP contribution in [0.3, 0.4) is 0 Å². The van der Waals surface area contributed by atoms with E-state index in [1.54, 1.807) is 6.33 Å². The van der Waals surface area contributed by atoms with Gasteiger partial charge < -0.3 is 9.47 Å². The molecule has 4 aromatic rings. The molecule has 2 aromatic carbocycles. The van der Waals surface area contributed by atoms with Gasteiger partial charge in [-0.15, -0.1) is 10.2 Å². The second kappa shape index (κ2) is 7.75. The minimum absolute atomic E-state index is 0.264. The third-order valence-corrected chi connectivity index (χ3v) is 6.14. The van der Waals surface area contributed by atoms with Crippen LogP contribution in [-0.2, 0) is 6.54 Å². The Bertz CT molecular complexity index is 1330. The molecule has 0 bridgehead atoms. The first-order valence-electron chi connectivity index (χ1n) is 11.0. The minimum Gasteiger partial charge on any atom is -0.322 e. The van der Waals surface area contributed by atoms with Gasteiger partial charge in [-0.3, -0.25) is 0 Å². The molecule has 0 saturated carbocycles. The van der Waals surface area contributed by atoms with Gasteiger partial charge in [0.15, 0.2) is 5.82 Å². The third kappa shape index (κ3) is 3.40.